The molecule has 0 saturated heterocycles. The third-order valence-corrected chi connectivity index (χ3v) is 6.49. The fourth-order valence-electron chi connectivity index (χ4n) is 5.06. The second kappa shape index (κ2) is 7.34. The van der Waals surface area contributed by atoms with E-state index in [-0.39, 0.29) is 32.7 Å². The molecule has 8 aromatic rings. The molecular weight excluding hydrogens is 440 g/mol. The van der Waals surface area contributed by atoms with Crippen molar-refractivity contribution in [1.29, 1.82) is 0 Å². The summed E-state index contributed by atoms with van der Waals surface area (Å²) in [6.45, 7) is 0. The van der Waals surface area contributed by atoms with E-state index in [0.717, 1.165) is 0 Å². The Labute approximate surface area is 225 Å². The summed E-state index contributed by atoms with van der Waals surface area (Å²) >= 11 is 0. The fraction of sp³-hybridized carbons (Fsp3) is 0. The highest BCUT2D eigenvalue weighted by Crippen LogP contribution is 2.47. The number of fused-ring (bicyclic) bond motifs is 7. The minimum atomic E-state index is -0.719. The summed E-state index contributed by atoms with van der Waals surface area (Å²) in [5, 5.41) is 0.942. The second-order valence-corrected chi connectivity index (χ2v) is 8.31. The number of hydrogen-bond donors (Lipinski definition) is 0. The molecule has 36 heavy (non-hydrogen) atoms. The van der Waals surface area contributed by atoms with Crippen LogP contribution in [0.25, 0.3) is 76.7 Å². The van der Waals surface area contributed by atoms with Crippen molar-refractivity contribution in [2.24, 2.45) is 0 Å². The second-order valence-electron chi connectivity index (χ2n) is 8.31. The fourth-order valence-corrected chi connectivity index (χ4v) is 5.06. The Kier molecular flexibility index (Phi) is 2.21. The van der Waals surface area contributed by atoms with Gasteiger partial charge in [-0.15, -0.1) is 0 Å². The Morgan fingerprint density at radius 1 is 0.528 bits per heavy atom. The van der Waals surface area contributed by atoms with Gasteiger partial charge >= 0.3 is 0 Å². The van der Waals surface area contributed by atoms with E-state index in [1.165, 1.54) is 6.26 Å². The molecule has 0 spiro atoms. The lowest BCUT2D eigenvalue weighted by molar-refractivity contribution is 0.615. The van der Waals surface area contributed by atoms with Crippen LogP contribution in [0.3, 0.4) is 0 Å². The first-order chi connectivity index (χ1) is 23.3. The monoisotopic (exact) mass is 473 g/mol. The van der Waals surface area contributed by atoms with Crippen LogP contribution in [0.5, 0.6) is 0 Å². The van der Waals surface area contributed by atoms with Crippen LogP contribution in [0.15, 0.2) is 130 Å². The van der Waals surface area contributed by atoms with Crippen molar-refractivity contribution >= 4 is 54.5 Å². The minimum absolute atomic E-state index is 0.0423. The molecule has 2 heterocycles. The molecule has 6 aromatic carbocycles. The zero-order valence-corrected chi connectivity index (χ0v) is 18.4. The Bertz CT molecular complexity index is 2710. The molecule has 0 fully saturated rings. The zero-order chi connectivity index (χ0) is 35.0. The van der Waals surface area contributed by atoms with Gasteiger partial charge < -0.3 is 8.83 Å². The Balaban J connectivity index is 1.74. The summed E-state index contributed by atoms with van der Waals surface area (Å²) in [7, 11) is 0. The maximum absolute atomic E-state index is 9.20. The third kappa shape index (κ3) is 2.61. The van der Waals surface area contributed by atoms with E-state index in [9.17, 15) is 2.74 Å². The maximum atomic E-state index is 9.20. The van der Waals surface area contributed by atoms with Crippen molar-refractivity contribution in [2.75, 3.05) is 0 Å². The van der Waals surface area contributed by atoms with Gasteiger partial charge in [-0.3, -0.25) is 0 Å². The van der Waals surface area contributed by atoms with E-state index in [2.05, 4.69) is 0 Å². The Morgan fingerprint density at radius 2 is 1.19 bits per heavy atom. The largest absolute Gasteiger partial charge is 0.464 e. The molecular formula is C34H20O2. The van der Waals surface area contributed by atoms with E-state index in [1.54, 1.807) is 36.4 Å². The molecule has 0 aliphatic carbocycles. The number of furan rings is 2. The van der Waals surface area contributed by atoms with Gasteiger partial charge in [0, 0.05) is 10.8 Å². The van der Waals surface area contributed by atoms with Crippen molar-refractivity contribution < 1.29 is 26.7 Å². The highest BCUT2D eigenvalue weighted by Gasteiger charge is 2.20. The lowest BCUT2D eigenvalue weighted by Gasteiger charge is -2.18. The maximum Gasteiger partial charge on any atom is 0.146 e. The molecule has 0 bridgehead atoms. The molecule has 0 unspecified atom stereocenters. The highest BCUT2D eigenvalue weighted by molar-refractivity contribution is 6.26. The molecule has 0 saturated carbocycles. The van der Waals surface area contributed by atoms with Crippen LogP contribution in [0.4, 0.5) is 0 Å². The quantitative estimate of drug-likeness (QED) is 0.233. The van der Waals surface area contributed by atoms with Crippen molar-refractivity contribution in [3.8, 4) is 22.3 Å². The first-order valence-electron chi connectivity index (χ1n) is 17.6. The summed E-state index contributed by atoms with van der Waals surface area (Å²) in [5.41, 5.74) is 1.01. The summed E-state index contributed by atoms with van der Waals surface area (Å²) in [4.78, 5) is 0. The van der Waals surface area contributed by atoms with Crippen LogP contribution in [0, 0.1) is 0 Å². The molecule has 2 aromatic heterocycles. The molecule has 0 N–H and O–H groups in total. The van der Waals surface area contributed by atoms with E-state index < -0.39 is 84.1 Å². The smallest absolute Gasteiger partial charge is 0.146 e. The standard InChI is InChI=1S/C34H20O2/c1-2-9-21(10-3-1)31-22-11-4-6-13-24(22)32(25-14-7-5-12-23(25)31)27-15-8-16-30-33(27)28-17-18-29-26(19-20-35-29)34(28)36-30/h1-20H/i1D,2D,3D,4D,5D,6D,7D,9D,10D,11D,12D,13D,14D. The molecule has 8 rings (SSSR count). The van der Waals surface area contributed by atoms with Crippen molar-refractivity contribution in [2.45, 2.75) is 0 Å². The predicted molar refractivity (Wildman–Crippen MR) is 149 cm³/mol. The van der Waals surface area contributed by atoms with E-state index in [4.69, 9.17) is 23.9 Å². The molecule has 2 nitrogen and oxygen atoms in total. The van der Waals surface area contributed by atoms with Gasteiger partial charge in [-0.1, -0.05) is 90.7 Å². The Hall–Kier alpha value is -4.82. The number of benzene rings is 6. The first kappa shape index (κ1) is 10.8. The predicted octanol–water partition coefficient (Wildman–Crippen LogP) is 9.97. The number of rotatable bonds is 2. The van der Waals surface area contributed by atoms with Gasteiger partial charge in [0.1, 0.15) is 16.7 Å². The first-order valence-corrected chi connectivity index (χ1v) is 11.1. The lowest BCUT2D eigenvalue weighted by Crippen LogP contribution is -1.91. The molecule has 0 aliphatic heterocycles. The van der Waals surface area contributed by atoms with Crippen molar-refractivity contribution in [3.63, 3.8) is 0 Å². The summed E-state index contributed by atoms with van der Waals surface area (Å²) in [6.07, 6.45) is 1.52. The van der Waals surface area contributed by atoms with Crippen LogP contribution >= 0.6 is 0 Å². The minimum Gasteiger partial charge on any atom is -0.464 e. The van der Waals surface area contributed by atoms with Crippen LogP contribution in [-0.2, 0) is 0 Å². The molecule has 0 radical (unpaired) electrons. The summed E-state index contributed by atoms with van der Waals surface area (Å²) < 4.78 is 126. The van der Waals surface area contributed by atoms with Gasteiger partial charge in [0.05, 0.1) is 29.5 Å². The van der Waals surface area contributed by atoms with Gasteiger partial charge in [0.2, 0.25) is 0 Å². The third-order valence-electron chi connectivity index (χ3n) is 6.49. The van der Waals surface area contributed by atoms with Gasteiger partial charge in [-0.2, -0.15) is 0 Å². The van der Waals surface area contributed by atoms with Gasteiger partial charge in [-0.25, -0.2) is 0 Å². The summed E-state index contributed by atoms with van der Waals surface area (Å²) in [5.74, 6) is 0. The summed E-state index contributed by atoms with van der Waals surface area (Å²) in [6, 6.07) is 1.83. The normalized spacial score (nSPS) is 16.9. The van der Waals surface area contributed by atoms with Crippen molar-refractivity contribution in [1.82, 2.24) is 0 Å². The van der Waals surface area contributed by atoms with Gasteiger partial charge in [0.25, 0.3) is 0 Å². The average molecular weight is 474 g/mol. The van der Waals surface area contributed by atoms with Gasteiger partial charge in [0.15, 0.2) is 0 Å². The Morgan fingerprint density at radius 3 is 1.92 bits per heavy atom. The molecule has 0 amide bonds. The molecule has 168 valence electrons. The molecule has 2 heteroatoms. The SMILES string of the molecule is [2H]c1c([2H])c([2H])c(-c2c3c([2H])c([2H])c([2H])c([2H])c3c(-c3cccc4oc5c6ccoc6ccc5c34)c3c([2H])c([2H])c([2H])c([2H])c23)c([2H])c1[2H]. The highest BCUT2D eigenvalue weighted by atomic mass is 16.3. The van der Waals surface area contributed by atoms with Crippen LogP contribution in [-0.4, -0.2) is 0 Å². The zero-order valence-electron chi connectivity index (χ0n) is 31.4. The van der Waals surface area contributed by atoms with Crippen molar-refractivity contribution in [3.05, 3.63) is 121 Å². The van der Waals surface area contributed by atoms with Crippen LogP contribution < -0.4 is 0 Å². The van der Waals surface area contributed by atoms with Crippen LogP contribution in [0.2, 0.25) is 0 Å². The van der Waals surface area contributed by atoms with Gasteiger partial charge in [-0.05, 0) is 68.1 Å². The molecule has 0 aliphatic rings. The van der Waals surface area contributed by atoms with Crippen LogP contribution in [0.1, 0.15) is 17.8 Å². The number of hydrogen-bond acceptors (Lipinski definition) is 2. The lowest BCUT2D eigenvalue weighted by atomic mass is 9.85. The van der Waals surface area contributed by atoms with E-state index in [1.807, 2.05) is 0 Å². The van der Waals surface area contributed by atoms with E-state index in [0.29, 0.717) is 38.5 Å². The average Bonchev–Trinajstić information content (AvgIpc) is 3.74. The molecule has 0 atom stereocenters. The topological polar surface area (TPSA) is 26.3 Å². The van der Waals surface area contributed by atoms with E-state index >= 15 is 0 Å².